The molecule has 2 aromatic heterocycles. The van der Waals surface area contributed by atoms with Crippen LogP contribution in [0.4, 0.5) is 5.13 Å². The predicted octanol–water partition coefficient (Wildman–Crippen LogP) is 3.51. The van der Waals surface area contributed by atoms with Crippen molar-refractivity contribution in [2.75, 3.05) is 4.90 Å². The van der Waals surface area contributed by atoms with Gasteiger partial charge in [-0.3, -0.25) is 23.6 Å². The third-order valence-electron chi connectivity index (χ3n) is 5.34. The molecule has 0 aliphatic carbocycles. The van der Waals surface area contributed by atoms with Crippen molar-refractivity contribution in [3.63, 3.8) is 0 Å². The molecule has 0 fully saturated rings. The van der Waals surface area contributed by atoms with Gasteiger partial charge in [0.25, 0.3) is 5.56 Å². The Hall–Kier alpha value is -3.52. The molecule has 0 saturated carbocycles. The molecule has 4 rings (SSSR count). The minimum absolute atomic E-state index is 0.188. The molecule has 8 heteroatoms. The second-order valence-electron chi connectivity index (χ2n) is 7.93. The molecule has 0 aliphatic heterocycles. The Balaban J connectivity index is 1.76. The Morgan fingerprint density at radius 3 is 2.53 bits per heavy atom. The van der Waals surface area contributed by atoms with Gasteiger partial charge in [-0.05, 0) is 23.1 Å². The molecule has 0 unspecified atom stereocenters. The van der Waals surface area contributed by atoms with Gasteiger partial charge >= 0.3 is 5.69 Å². The van der Waals surface area contributed by atoms with E-state index in [4.69, 9.17) is 4.98 Å². The molecular formula is C24H24N4O3S. The number of thiazole rings is 1. The largest absolute Gasteiger partial charge is 0.331 e. The molecule has 0 saturated heterocycles. The van der Waals surface area contributed by atoms with E-state index in [-0.39, 0.29) is 12.5 Å². The second kappa shape index (κ2) is 8.92. The third-order valence-corrected chi connectivity index (χ3v) is 6.39. The van der Waals surface area contributed by atoms with E-state index in [9.17, 15) is 14.4 Å². The highest BCUT2D eigenvalue weighted by Crippen LogP contribution is 2.34. The Labute approximate surface area is 189 Å². The van der Waals surface area contributed by atoms with Crippen LogP contribution in [0.5, 0.6) is 0 Å². The van der Waals surface area contributed by atoms with Crippen LogP contribution in [0.3, 0.4) is 0 Å². The molecule has 0 spiro atoms. The molecule has 164 valence electrons. The number of hydrogen-bond acceptors (Lipinski definition) is 5. The van der Waals surface area contributed by atoms with Crippen LogP contribution >= 0.6 is 11.3 Å². The van der Waals surface area contributed by atoms with E-state index in [1.54, 1.807) is 4.90 Å². The summed E-state index contributed by atoms with van der Waals surface area (Å²) in [6.07, 6.45) is 1.36. The highest BCUT2D eigenvalue weighted by atomic mass is 32.1. The molecule has 32 heavy (non-hydrogen) atoms. The van der Waals surface area contributed by atoms with Crippen molar-refractivity contribution >= 4 is 32.6 Å². The fourth-order valence-corrected chi connectivity index (χ4v) is 4.55. The number of anilines is 1. The Morgan fingerprint density at radius 1 is 1.06 bits per heavy atom. The van der Waals surface area contributed by atoms with Crippen LogP contribution in [0.2, 0.25) is 0 Å². The maximum atomic E-state index is 13.4. The zero-order valence-corrected chi connectivity index (χ0v) is 19.0. The van der Waals surface area contributed by atoms with Crippen molar-refractivity contribution in [2.24, 2.45) is 7.05 Å². The summed E-state index contributed by atoms with van der Waals surface area (Å²) in [7, 11) is 1.40. The first-order valence-corrected chi connectivity index (χ1v) is 11.2. The number of aromatic nitrogens is 3. The summed E-state index contributed by atoms with van der Waals surface area (Å²) in [5.41, 5.74) is 2.04. The van der Waals surface area contributed by atoms with Gasteiger partial charge in [0, 0.05) is 19.3 Å². The van der Waals surface area contributed by atoms with E-state index in [1.807, 2.05) is 42.5 Å². The number of fused-ring (bicyclic) bond motifs is 1. The first-order chi connectivity index (χ1) is 15.3. The van der Waals surface area contributed by atoms with Crippen molar-refractivity contribution in [1.82, 2.24) is 14.1 Å². The molecule has 0 aliphatic rings. The van der Waals surface area contributed by atoms with Crippen LogP contribution in [0.1, 0.15) is 30.9 Å². The van der Waals surface area contributed by atoms with Gasteiger partial charge in [0.15, 0.2) is 5.13 Å². The summed E-state index contributed by atoms with van der Waals surface area (Å²) in [6.45, 7) is 4.38. The molecule has 4 aromatic rings. The van der Waals surface area contributed by atoms with Crippen molar-refractivity contribution < 1.29 is 4.79 Å². The zero-order chi connectivity index (χ0) is 22.8. The number of rotatable bonds is 6. The third kappa shape index (κ3) is 4.27. The highest BCUT2D eigenvalue weighted by molar-refractivity contribution is 7.22. The summed E-state index contributed by atoms with van der Waals surface area (Å²) >= 11 is 1.46. The van der Waals surface area contributed by atoms with Crippen LogP contribution in [-0.4, -0.2) is 20.0 Å². The SMILES string of the molecule is CC(C)c1cccc2sc(N(Cc3ccccc3)C(=O)Cn3ccc(=O)n(C)c3=O)nc12. The lowest BCUT2D eigenvalue weighted by Crippen LogP contribution is -2.41. The van der Waals surface area contributed by atoms with E-state index in [0.29, 0.717) is 17.6 Å². The molecule has 1 amide bonds. The average Bonchev–Trinajstić information content (AvgIpc) is 3.22. The maximum Gasteiger partial charge on any atom is 0.331 e. The Bertz CT molecular complexity index is 1390. The number of carbonyl (C=O) groups is 1. The van der Waals surface area contributed by atoms with Crippen molar-refractivity contribution in [1.29, 1.82) is 0 Å². The smallest absolute Gasteiger partial charge is 0.291 e. The van der Waals surface area contributed by atoms with Gasteiger partial charge in [0.1, 0.15) is 6.54 Å². The highest BCUT2D eigenvalue weighted by Gasteiger charge is 2.22. The molecule has 0 bridgehead atoms. The molecule has 0 radical (unpaired) electrons. The number of amides is 1. The fraction of sp³-hybridized carbons (Fsp3) is 0.250. The van der Waals surface area contributed by atoms with Crippen LogP contribution in [-0.2, 0) is 24.9 Å². The molecule has 2 heterocycles. The van der Waals surface area contributed by atoms with Crippen LogP contribution in [0.15, 0.2) is 70.4 Å². The lowest BCUT2D eigenvalue weighted by Gasteiger charge is -2.20. The van der Waals surface area contributed by atoms with E-state index < -0.39 is 11.2 Å². The normalized spacial score (nSPS) is 11.2. The maximum absolute atomic E-state index is 13.4. The first kappa shape index (κ1) is 21.7. The van der Waals surface area contributed by atoms with Gasteiger partial charge < -0.3 is 0 Å². The Kier molecular flexibility index (Phi) is 6.05. The molecule has 0 N–H and O–H groups in total. The van der Waals surface area contributed by atoms with E-state index in [0.717, 1.165) is 25.9 Å². The average molecular weight is 449 g/mol. The molecule has 2 aromatic carbocycles. The second-order valence-corrected chi connectivity index (χ2v) is 8.94. The van der Waals surface area contributed by atoms with Crippen LogP contribution in [0, 0.1) is 0 Å². The van der Waals surface area contributed by atoms with Gasteiger partial charge in [-0.15, -0.1) is 0 Å². The topological polar surface area (TPSA) is 77.2 Å². The van der Waals surface area contributed by atoms with Crippen LogP contribution in [0.25, 0.3) is 10.2 Å². The summed E-state index contributed by atoms with van der Waals surface area (Å²) < 4.78 is 3.24. The zero-order valence-electron chi connectivity index (χ0n) is 18.2. The number of hydrogen-bond donors (Lipinski definition) is 0. The standard InChI is InChI=1S/C24H24N4O3S/c1-16(2)18-10-7-11-19-22(18)25-23(32-19)28(14-17-8-5-4-6-9-17)21(30)15-27-13-12-20(29)26(3)24(27)31/h4-13,16H,14-15H2,1-3H3. The van der Waals surface area contributed by atoms with Crippen molar-refractivity contribution in [2.45, 2.75) is 32.9 Å². The quantitative estimate of drug-likeness (QED) is 0.452. The Morgan fingerprint density at radius 2 is 1.81 bits per heavy atom. The van der Waals surface area contributed by atoms with Crippen molar-refractivity contribution in [3.05, 3.63) is 92.8 Å². The lowest BCUT2D eigenvalue weighted by atomic mass is 10.0. The summed E-state index contributed by atoms with van der Waals surface area (Å²) in [5, 5.41) is 0.583. The lowest BCUT2D eigenvalue weighted by molar-refractivity contribution is -0.119. The minimum Gasteiger partial charge on any atom is -0.291 e. The number of benzene rings is 2. The number of para-hydroxylation sites is 1. The van der Waals surface area contributed by atoms with E-state index in [2.05, 4.69) is 19.9 Å². The summed E-state index contributed by atoms with van der Waals surface area (Å²) in [5.74, 6) is 0.0239. The fourth-order valence-electron chi connectivity index (χ4n) is 3.54. The summed E-state index contributed by atoms with van der Waals surface area (Å²) in [4.78, 5) is 44.0. The molecule has 7 nitrogen and oxygen atoms in total. The van der Waals surface area contributed by atoms with Gasteiger partial charge in [-0.25, -0.2) is 9.78 Å². The van der Waals surface area contributed by atoms with Gasteiger partial charge in [-0.2, -0.15) is 0 Å². The van der Waals surface area contributed by atoms with Crippen molar-refractivity contribution in [3.8, 4) is 0 Å². The number of nitrogens with zero attached hydrogens (tertiary/aromatic N) is 4. The molecule has 0 atom stereocenters. The monoisotopic (exact) mass is 448 g/mol. The summed E-state index contributed by atoms with van der Waals surface area (Å²) in [6, 6.07) is 17.0. The number of carbonyl (C=O) groups excluding carboxylic acids is 1. The van der Waals surface area contributed by atoms with E-state index >= 15 is 0 Å². The van der Waals surface area contributed by atoms with E-state index in [1.165, 1.54) is 35.2 Å². The van der Waals surface area contributed by atoms with Crippen LogP contribution < -0.4 is 16.1 Å². The van der Waals surface area contributed by atoms with Gasteiger partial charge in [-0.1, -0.05) is 67.6 Å². The first-order valence-electron chi connectivity index (χ1n) is 10.4. The van der Waals surface area contributed by atoms with Gasteiger partial charge in [0.2, 0.25) is 5.91 Å². The minimum atomic E-state index is -0.531. The predicted molar refractivity (Wildman–Crippen MR) is 127 cm³/mol. The molecular weight excluding hydrogens is 424 g/mol. The van der Waals surface area contributed by atoms with Gasteiger partial charge in [0.05, 0.1) is 16.8 Å².